The molecule has 0 spiro atoms. The van der Waals surface area contributed by atoms with Gasteiger partial charge in [0.2, 0.25) is 5.82 Å². The van der Waals surface area contributed by atoms with Gasteiger partial charge in [-0.1, -0.05) is 30.3 Å². The number of ether oxygens (including phenoxy) is 1. The van der Waals surface area contributed by atoms with Crippen LogP contribution in [-0.2, 0) is 27.0 Å². The van der Waals surface area contributed by atoms with Crippen LogP contribution in [0.15, 0.2) is 89.1 Å². The first-order valence-electron chi connectivity index (χ1n) is 10.3. The number of esters is 1. The summed E-state index contributed by atoms with van der Waals surface area (Å²) in [7, 11) is 0. The monoisotopic (exact) mass is 481 g/mol. The fourth-order valence-electron chi connectivity index (χ4n) is 3.19. The van der Waals surface area contributed by atoms with Crippen molar-refractivity contribution in [3.63, 3.8) is 0 Å². The molecule has 3 aromatic carbocycles. The number of halogens is 3. The zero-order valence-corrected chi connectivity index (χ0v) is 18.1. The molecule has 4 aromatic rings. The SMILES string of the molecule is O=C(COC(=O)Cn1c(C(F)(F)F)nc2ccccc21)Nc1ccc(N=Nc2ccccc2)cc1. The molecule has 0 unspecified atom stereocenters. The molecule has 0 bridgehead atoms. The van der Waals surface area contributed by atoms with Gasteiger partial charge in [0.1, 0.15) is 6.54 Å². The summed E-state index contributed by atoms with van der Waals surface area (Å²) in [4.78, 5) is 27.9. The van der Waals surface area contributed by atoms with Crippen molar-refractivity contribution in [3.05, 3.63) is 84.7 Å². The molecule has 1 heterocycles. The highest BCUT2D eigenvalue weighted by Gasteiger charge is 2.38. The van der Waals surface area contributed by atoms with Crippen LogP contribution in [0.2, 0.25) is 0 Å². The normalized spacial score (nSPS) is 11.6. The summed E-state index contributed by atoms with van der Waals surface area (Å²) in [5.74, 6) is -2.88. The minimum Gasteiger partial charge on any atom is -0.454 e. The van der Waals surface area contributed by atoms with Crippen molar-refractivity contribution < 1.29 is 27.5 Å². The van der Waals surface area contributed by atoms with E-state index in [0.717, 1.165) is 4.57 Å². The molecule has 0 aliphatic heterocycles. The van der Waals surface area contributed by atoms with Crippen LogP contribution >= 0.6 is 0 Å². The van der Waals surface area contributed by atoms with Crippen molar-refractivity contribution in [3.8, 4) is 0 Å². The molecule has 0 saturated carbocycles. The Morgan fingerprint density at radius 3 is 2.20 bits per heavy atom. The van der Waals surface area contributed by atoms with E-state index in [1.807, 2.05) is 18.2 Å². The highest BCUT2D eigenvalue weighted by Crippen LogP contribution is 2.31. The van der Waals surface area contributed by atoms with E-state index in [9.17, 15) is 22.8 Å². The Bertz CT molecular complexity index is 1370. The summed E-state index contributed by atoms with van der Waals surface area (Å²) in [5.41, 5.74) is 1.90. The number of anilines is 1. The number of benzene rings is 3. The molecule has 0 radical (unpaired) electrons. The molecule has 8 nitrogen and oxygen atoms in total. The van der Waals surface area contributed by atoms with Gasteiger partial charge in [-0.25, -0.2) is 4.98 Å². The number of carbonyl (C=O) groups is 2. The van der Waals surface area contributed by atoms with E-state index >= 15 is 0 Å². The number of para-hydroxylation sites is 2. The van der Waals surface area contributed by atoms with E-state index in [1.165, 1.54) is 18.2 Å². The molecule has 0 fully saturated rings. The van der Waals surface area contributed by atoms with Crippen LogP contribution in [0, 0.1) is 0 Å². The minimum absolute atomic E-state index is 0.0946. The van der Waals surface area contributed by atoms with Crippen LogP contribution in [0.4, 0.5) is 30.2 Å². The van der Waals surface area contributed by atoms with Crippen LogP contribution in [0.1, 0.15) is 5.82 Å². The van der Waals surface area contributed by atoms with E-state index in [0.29, 0.717) is 17.1 Å². The molecule has 1 amide bonds. The molecule has 4 rings (SSSR count). The van der Waals surface area contributed by atoms with Gasteiger partial charge in [-0.2, -0.15) is 23.4 Å². The second-order valence-electron chi connectivity index (χ2n) is 7.30. The summed E-state index contributed by atoms with van der Waals surface area (Å²) < 4.78 is 45.6. The van der Waals surface area contributed by atoms with Crippen LogP contribution in [-0.4, -0.2) is 28.0 Å². The topological polar surface area (TPSA) is 97.9 Å². The number of hydrogen-bond donors (Lipinski definition) is 1. The number of aromatic nitrogens is 2. The molecule has 0 saturated heterocycles. The largest absolute Gasteiger partial charge is 0.454 e. The number of nitrogens with one attached hydrogen (secondary N) is 1. The third-order valence-corrected chi connectivity index (χ3v) is 4.75. The van der Waals surface area contributed by atoms with Gasteiger partial charge in [0.05, 0.1) is 22.4 Å². The van der Waals surface area contributed by atoms with Gasteiger partial charge in [-0.05, 0) is 48.5 Å². The Labute approximate surface area is 197 Å². The summed E-state index contributed by atoms with van der Waals surface area (Å²) in [6.07, 6.45) is -4.76. The Hall–Kier alpha value is -4.54. The van der Waals surface area contributed by atoms with Gasteiger partial charge in [0, 0.05) is 5.69 Å². The average molecular weight is 481 g/mol. The molecule has 0 atom stereocenters. The molecular formula is C24H18F3N5O3. The second kappa shape index (κ2) is 10.2. The summed E-state index contributed by atoms with van der Waals surface area (Å²) in [6.45, 7) is -1.41. The summed E-state index contributed by atoms with van der Waals surface area (Å²) in [6, 6.07) is 21.5. The first kappa shape index (κ1) is 23.6. The molecule has 11 heteroatoms. The number of azo groups is 1. The molecule has 0 aliphatic rings. The van der Waals surface area contributed by atoms with Crippen molar-refractivity contribution in [2.45, 2.75) is 12.7 Å². The summed E-state index contributed by atoms with van der Waals surface area (Å²) >= 11 is 0. The van der Waals surface area contributed by atoms with Crippen LogP contribution < -0.4 is 5.32 Å². The zero-order chi connectivity index (χ0) is 24.8. The van der Waals surface area contributed by atoms with E-state index < -0.39 is 37.0 Å². The highest BCUT2D eigenvalue weighted by molar-refractivity contribution is 5.93. The maximum absolute atomic E-state index is 13.3. The van der Waals surface area contributed by atoms with E-state index in [-0.39, 0.29) is 11.0 Å². The Balaban J connectivity index is 1.32. The van der Waals surface area contributed by atoms with Crippen molar-refractivity contribution in [2.24, 2.45) is 10.2 Å². The van der Waals surface area contributed by atoms with E-state index in [4.69, 9.17) is 4.74 Å². The highest BCUT2D eigenvalue weighted by atomic mass is 19.4. The Morgan fingerprint density at radius 2 is 1.51 bits per heavy atom. The predicted molar refractivity (Wildman–Crippen MR) is 121 cm³/mol. The molecule has 35 heavy (non-hydrogen) atoms. The number of rotatable bonds is 7. The summed E-state index contributed by atoms with van der Waals surface area (Å²) in [5, 5.41) is 10.7. The average Bonchev–Trinajstić information content (AvgIpc) is 3.22. The first-order valence-corrected chi connectivity index (χ1v) is 10.3. The van der Waals surface area contributed by atoms with Crippen molar-refractivity contribution in [2.75, 3.05) is 11.9 Å². The van der Waals surface area contributed by atoms with Crippen molar-refractivity contribution >= 4 is 40.0 Å². The van der Waals surface area contributed by atoms with Gasteiger partial charge < -0.3 is 14.6 Å². The smallest absolute Gasteiger partial charge is 0.449 e. The Kier molecular flexibility index (Phi) is 6.86. The lowest BCUT2D eigenvalue weighted by Gasteiger charge is -2.11. The maximum atomic E-state index is 13.3. The van der Waals surface area contributed by atoms with Crippen LogP contribution in [0.25, 0.3) is 11.0 Å². The fraction of sp³-hybridized carbons (Fsp3) is 0.125. The number of amides is 1. The van der Waals surface area contributed by atoms with Crippen LogP contribution in [0.3, 0.4) is 0 Å². The Morgan fingerprint density at radius 1 is 0.886 bits per heavy atom. The van der Waals surface area contributed by atoms with Gasteiger partial charge in [-0.15, -0.1) is 0 Å². The third kappa shape index (κ3) is 6.08. The quantitative estimate of drug-likeness (QED) is 0.272. The minimum atomic E-state index is -4.76. The maximum Gasteiger partial charge on any atom is 0.449 e. The van der Waals surface area contributed by atoms with Crippen LogP contribution in [0.5, 0.6) is 0 Å². The second-order valence-corrected chi connectivity index (χ2v) is 7.30. The number of fused-ring (bicyclic) bond motifs is 1. The number of alkyl halides is 3. The molecule has 1 aromatic heterocycles. The third-order valence-electron chi connectivity index (χ3n) is 4.75. The fourth-order valence-corrected chi connectivity index (χ4v) is 3.19. The first-order chi connectivity index (χ1) is 16.8. The molecule has 0 aliphatic carbocycles. The molecular weight excluding hydrogens is 463 g/mol. The van der Waals surface area contributed by atoms with Gasteiger partial charge in [0.25, 0.3) is 5.91 Å². The molecule has 1 N–H and O–H groups in total. The van der Waals surface area contributed by atoms with Gasteiger partial charge in [-0.3, -0.25) is 9.59 Å². The van der Waals surface area contributed by atoms with Gasteiger partial charge in [0.15, 0.2) is 6.61 Å². The van der Waals surface area contributed by atoms with Gasteiger partial charge >= 0.3 is 12.1 Å². The number of carbonyl (C=O) groups excluding carboxylic acids is 2. The standard InChI is InChI=1S/C24H18F3N5O3/c25-24(26,27)23-29-19-8-4-5-9-20(19)32(23)14-22(34)35-15-21(33)28-16-10-12-18(13-11-16)31-30-17-6-2-1-3-7-17/h1-13H,14-15H2,(H,28,33). The van der Waals surface area contributed by atoms with E-state index in [2.05, 4.69) is 20.5 Å². The lowest BCUT2D eigenvalue weighted by molar-refractivity contribution is -0.152. The lowest BCUT2D eigenvalue weighted by Crippen LogP contribution is -2.24. The zero-order valence-electron chi connectivity index (χ0n) is 18.1. The van der Waals surface area contributed by atoms with Crippen molar-refractivity contribution in [1.82, 2.24) is 9.55 Å². The molecule has 178 valence electrons. The van der Waals surface area contributed by atoms with Crippen molar-refractivity contribution in [1.29, 1.82) is 0 Å². The lowest BCUT2D eigenvalue weighted by atomic mass is 10.3. The predicted octanol–water partition coefficient (Wildman–Crippen LogP) is 5.65. The van der Waals surface area contributed by atoms with E-state index in [1.54, 1.807) is 42.5 Å². The number of nitrogens with zero attached hydrogens (tertiary/aromatic N) is 4. The number of imidazole rings is 1. The number of hydrogen-bond acceptors (Lipinski definition) is 6.